The number of nitrogens with zero attached hydrogens (tertiary/aromatic N) is 3. The minimum Gasteiger partial charge on any atom is -0.396 e. The zero-order valence-electron chi connectivity index (χ0n) is 12.6. The van der Waals surface area contributed by atoms with Crippen molar-refractivity contribution in [3.8, 4) is 6.07 Å². The highest BCUT2D eigenvalue weighted by Gasteiger charge is 2.26. The van der Waals surface area contributed by atoms with Crippen molar-refractivity contribution in [1.29, 1.82) is 5.26 Å². The fourth-order valence-corrected chi connectivity index (χ4v) is 3.68. The lowest BCUT2D eigenvalue weighted by Gasteiger charge is -2.41. The molecular weight excluding hydrogens is 260 g/mol. The normalized spacial score (nSPS) is 21.2. The topological polar surface area (TPSA) is 56.3 Å². The van der Waals surface area contributed by atoms with Crippen LogP contribution in [0.2, 0.25) is 0 Å². The van der Waals surface area contributed by atoms with Crippen LogP contribution < -0.4 is 10.6 Å². The highest BCUT2D eigenvalue weighted by atomic mass is 15.2. The summed E-state index contributed by atoms with van der Waals surface area (Å²) in [7, 11) is 0. The number of rotatable bonds is 2. The Bertz CT molecular complexity index is 520. The first kappa shape index (κ1) is 14.2. The van der Waals surface area contributed by atoms with Gasteiger partial charge < -0.3 is 15.5 Å². The Balaban J connectivity index is 1.64. The van der Waals surface area contributed by atoms with Crippen LogP contribution >= 0.6 is 0 Å². The molecule has 4 heteroatoms. The fourth-order valence-electron chi connectivity index (χ4n) is 3.68. The number of hydrogen-bond acceptors (Lipinski definition) is 4. The standard InChI is InChI=1S/C17H24N4/c18-13-14-5-4-6-16(17(14)19)21-11-7-15(8-12-21)20-9-2-1-3-10-20/h4-6,15H,1-3,7-12,19H2. The van der Waals surface area contributed by atoms with Gasteiger partial charge in [0.25, 0.3) is 0 Å². The van der Waals surface area contributed by atoms with Gasteiger partial charge in [-0.25, -0.2) is 0 Å². The van der Waals surface area contributed by atoms with Crippen LogP contribution in [0, 0.1) is 11.3 Å². The van der Waals surface area contributed by atoms with Crippen LogP contribution in [0.25, 0.3) is 0 Å². The maximum Gasteiger partial charge on any atom is 0.101 e. The van der Waals surface area contributed by atoms with Gasteiger partial charge in [-0.3, -0.25) is 0 Å². The van der Waals surface area contributed by atoms with E-state index in [-0.39, 0.29) is 0 Å². The van der Waals surface area contributed by atoms with Gasteiger partial charge in [-0.05, 0) is 50.9 Å². The predicted octanol–water partition coefficient (Wildman–Crippen LogP) is 2.60. The van der Waals surface area contributed by atoms with E-state index in [0.29, 0.717) is 11.3 Å². The molecule has 2 heterocycles. The van der Waals surface area contributed by atoms with Crippen molar-refractivity contribution in [1.82, 2.24) is 4.90 Å². The molecule has 3 rings (SSSR count). The largest absolute Gasteiger partial charge is 0.396 e. The van der Waals surface area contributed by atoms with E-state index in [9.17, 15) is 0 Å². The molecular formula is C17H24N4. The van der Waals surface area contributed by atoms with Gasteiger partial charge in [-0.1, -0.05) is 12.5 Å². The third kappa shape index (κ3) is 2.98. The highest BCUT2D eigenvalue weighted by molar-refractivity contribution is 5.74. The first-order valence-corrected chi connectivity index (χ1v) is 8.07. The smallest absolute Gasteiger partial charge is 0.101 e. The highest BCUT2D eigenvalue weighted by Crippen LogP contribution is 2.30. The number of benzene rings is 1. The molecule has 2 fully saturated rings. The number of nitrogen functional groups attached to an aromatic ring is 1. The van der Waals surface area contributed by atoms with Crippen LogP contribution in [-0.4, -0.2) is 37.1 Å². The summed E-state index contributed by atoms with van der Waals surface area (Å²) in [5, 5.41) is 9.10. The molecule has 21 heavy (non-hydrogen) atoms. The number of para-hydroxylation sites is 1. The minimum atomic E-state index is 0.589. The molecule has 1 aromatic carbocycles. The zero-order chi connectivity index (χ0) is 14.7. The number of likely N-dealkylation sites (tertiary alicyclic amines) is 1. The summed E-state index contributed by atoms with van der Waals surface area (Å²) in [4.78, 5) is 5.02. The summed E-state index contributed by atoms with van der Waals surface area (Å²) in [5.41, 5.74) is 8.39. The van der Waals surface area contributed by atoms with Crippen LogP contribution in [0.4, 0.5) is 11.4 Å². The average molecular weight is 284 g/mol. The van der Waals surface area contributed by atoms with E-state index in [1.54, 1.807) is 6.07 Å². The van der Waals surface area contributed by atoms with Crippen LogP contribution in [0.15, 0.2) is 18.2 Å². The Morgan fingerprint density at radius 1 is 1.05 bits per heavy atom. The molecule has 0 aliphatic carbocycles. The van der Waals surface area contributed by atoms with Gasteiger partial charge in [0.15, 0.2) is 0 Å². The quantitative estimate of drug-likeness (QED) is 0.848. The summed E-state index contributed by atoms with van der Waals surface area (Å²) < 4.78 is 0. The van der Waals surface area contributed by atoms with E-state index < -0.39 is 0 Å². The van der Waals surface area contributed by atoms with Crippen molar-refractivity contribution in [3.05, 3.63) is 23.8 Å². The van der Waals surface area contributed by atoms with Crippen LogP contribution in [0.5, 0.6) is 0 Å². The average Bonchev–Trinajstić information content (AvgIpc) is 2.56. The molecule has 2 aliphatic heterocycles. The Labute approximate surface area is 127 Å². The van der Waals surface area contributed by atoms with Crippen molar-refractivity contribution in [2.45, 2.75) is 38.1 Å². The number of piperidine rings is 2. The molecule has 0 unspecified atom stereocenters. The Kier molecular flexibility index (Phi) is 4.31. The monoisotopic (exact) mass is 284 g/mol. The van der Waals surface area contributed by atoms with Crippen molar-refractivity contribution in [3.63, 3.8) is 0 Å². The predicted molar refractivity (Wildman–Crippen MR) is 86.2 cm³/mol. The number of nitriles is 1. The lowest BCUT2D eigenvalue weighted by atomic mass is 9.99. The second-order valence-electron chi connectivity index (χ2n) is 6.17. The van der Waals surface area contributed by atoms with Gasteiger partial charge in [0.2, 0.25) is 0 Å². The molecule has 2 aliphatic rings. The van der Waals surface area contributed by atoms with Crippen LogP contribution in [-0.2, 0) is 0 Å². The van der Waals surface area contributed by atoms with Crippen molar-refractivity contribution >= 4 is 11.4 Å². The molecule has 0 atom stereocenters. The molecule has 0 saturated carbocycles. The maximum atomic E-state index is 9.10. The lowest BCUT2D eigenvalue weighted by molar-refractivity contribution is 0.141. The summed E-state index contributed by atoms with van der Waals surface area (Å²) in [6.07, 6.45) is 6.52. The fraction of sp³-hybridized carbons (Fsp3) is 0.588. The minimum absolute atomic E-state index is 0.589. The van der Waals surface area contributed by atoms with Gasteiger partial charge in [0.1, 0.15) is 6.07 Å². The SMILES string of the molecule is N#Cc1cccc(N2CCC(N3CCCCC3)CC2)c1N. The molecule has 0 spiro atoms. The van der Waals surface area contributed by atoms with E-state index in [1.165, 1.54) is 45.2 Å². The first-order valence-electron chi connectivity index (χ1n) is 8.07. The Hall–Kier alpha value is -1.73. The Morgan fingerprint density at radius 3 is 2.43 bits per heavy atom. The van der Waals surface area contributed by atoms with E-state index >= 15 is 0 Å². The molecule has 0 bridgehead atoms. The van der Waals surface area contributed by atoms with E-state index in [0.717, 1.165) is 24.8 Å². The van der Waals surface area contributed by atoms with Gasteiger partial charge in [-0.2, -0.15) is 5.26 Å². The lowest BCUT2D eigenvalue weighted by Crippen LogP contribution is -2.46. The number of nitrogens with two attached hydrogens (primary N) is 1. The van der Waals surface area contributed by atoms with Gasteiger partial charge >= 0.3 is 0 Å². The zero-order valence-corrected chi connectivity index (χ0v) is 12.6. The summed E-state index contributed by atoms with van der Waals surface area (Å²) in [5.74, 6) is 0. The van der Waals surface area contributed by atoms with Crippen molar-refractivity contribution in [2.75, 3.05) is 36.8 Å². The molecule has 0 amide bonds. The molecule has 0 radical (unpaired) electrons. The second-order valence-corrected chi connectivity index (χ2v) is 6.17. The molecule has 2 N–H and O–H groups in total. The third-order valence-corrected chi connectivity index (χ3v) is 4.92. The van der Waals surface area contributed by atoms with E-state index in [1.807, 2.05) is 12.1 Å². The van der Waals surface area contributed by atoms with E-state index in [2.05, 4.69) is 15.9 Å². The third-order valence-electron chi connectivity index (χ3n) is 4.92. The van der Waals surface area contributed by atoms with Crippen LogP contribution in [0.3, 0.4) is 0 Å². The van der Waals surface area contributed by atoms with Gasteiger partial charge in [-0.15, -0.1) is 0 Å². The first-order chi connectivity index (χ1) is 10.3. The summed E-state index contributed by atoms with van der Waals surface area (Å²) >= 11 is 0. The number of hydrogen-bond donors (Lipinski definition) is 1. The molecule has 2 saturated heterocycles. The summed E-state index contributed by atoms with van der Waals surface area (Å²) in [6, 6.07) is 8.67. The van der Waals surface area contributed by atoms with Gasteiger partial charge in [0.05, 0.1) is 16.9 Å². The molecule has 0 aromatic heterocycles. The van der Waals surface area contributed by atoms with Gasteiger partial charge in [0, 0.05) is 19.1 Å². The van der Waals surface area contributed by atoms with Crippen LogP contribution in [0.1, 0.15) is 37.7 Å². The number of anilines is 2. The second kappa shape index (κ2) is 6.36. The summed E-state index contributed by atoms with van der Waals surface area (Å²) in [6.45, 7) is 4.63. The molecule has 4 nitrogen and oxygen atoms in total. The van der Waals surface area contributed by atoms with Crippen molar-refractivity contribution in [2.24, 2.45) is 0 Å². The molecule has 1 aromatic rings. The maximum absolute atomic E-state index is 9.10. The molecule has 112 valence electrons. The Morgan fingerprint density at radius 2 is 1.76 bits per heavy atom. The van der Waals surface area contributed by atoms with E-state index in [4.69, 9.17) is 11.0 Å². The van der Waals surface area contributed by atoms with Crippen molar-refractivity contribution < 1.29 is 0 Å².